The van der Waals surface area contributed by atoms with Crippen molar-refractivity contribution in [2.45, 2.75) is 13.1 Å². The molecule has 0 aliphatic heterocycles. The van der Waals surface area contributed by atoms with Crippen molar-refractivity contribution in [1.82, 2.24) is 15.3 Å². The number of rotatable bonds is 4. The molecule has 0 radical (unpaired) electrons. The lowest BCUT2D eigenvalue weighted by molar-refractivity contribution is 0.475. The molecular formula is C15H14ClN3O. The van der Waals surface area contributed by atoms with Crippen LogP contribution in [-0.4, -0.2) is 15.1 Å². The number of benzene rings is 2. The number of aromatic hydroxyl groups is 1. The first-order valence-corrected chi connectivity index (χ1v) is 6.72. The molecule has 0 saturated heterocycles. The van der Waals surface area contributed by atoms with E-state index in [4.69, 9.17) is 11.6 Å². The zero-order valence-electron chi connectivity index (χ0n) is 10.7. The van der Waals surface area contributed by atoms with Crippen molar-refractivity contribution in [3.8, 4) is 5.75 Å². The van der Waals surface area contributed by atoms with Crippen molar-refractivity contribution in [3.05, 3.63) is 58.9 Å². The Bertz CT molecular complexity index is 706. The molecule has 0 spiro atoms. The highest BCUT2D eigenvalue weighted by Gasteiger charge is 2.03. The van der Waals surface area contributed by atoms with Crippen LogP contribution in [0, 0.1) is 0 Å². The topological polar surface area (TPSA) is 60.9 Å². The quantitative estimate of drug-likeness (QED) is 0.690. The van der Waals surface area contributed by atoms with E-state index in [-0.39, 0.29) is 5.75 Å². The summed E-state index contributed by atoms with van der Waals surface area (Å²) in [5, 5.41) is 13.0. The van der Waals surface area contributed by atoms with E-state index in [1.807, 2.05) is 30.3 Å². The number of phenols is 1. The second kappa shape index (κ2) is 5.53. The number of fused-ring (bicyclic) bond motifs is 1. The lowest BCUT2D eigenvalue weighted by Crippen LogP contribution is -2.13. The summed E-state index contributed by atoms with van der Waals surface area (Å²) in [6, 6.07) is 13.1. The van der Waals surface area contributed by atoms with Gasteiger partial charge in [0.15, 0.2) is 0 Å². The molecule has 0 saturated carbocycles. The Labute approximate surface area is 121 Å². The predicted molar refractivity (Wildman–Crippen MR) is 79.8 cm³/mol. The summed E-state index contributed by atoms with van der Waals surface area (Å²) in [5.74, 6) is 1.00. The van der Waals surface area contributed by atoms with E-state index in [0.29, 0.717) is 18.1 Å². The summed E-state index contributed by atoms with van der Waals surface area (Å²) >= 11 is 5.87. The number of phenolic OH excluding ortho intramolecular Hbond substituents is 1. The Morgan fingerprint density at radius 2 is 2.00 bits per heavy atom. The Kier molecular flexibility index (Phi) is 3.58. The number of aromatic nitrogens is 2. The molecule has 102 valence electrons. The highest BCUT2D eigenvalue weighted by molar-refractivity contribution is 6.32. The Hall–Kier alpha value is -2.04. The van der Waals surface area contributed by atoms with Crippen LogP contribution in [0.4, 0.5) is 0 Å². The fourth-order valence-electron chi connectivity index (χ4n) is 2.07. The summed E-state index contributed by atoms with van der Waals surface area (Å²) in [5.41, 5.74) is 3.03. The summed E-state index contributed by atoms with van der Waals surface area (Å²) < 4.78 is 0. The first-order valence-electron chi connectivity index (χ1n) is 6.34. The van der Waals surface area contributed by atoms with E-state index >= 15 is 0 Å². The third-order valence-corrected chi connectivity index (χ3v) is 3.37. The van der Waals surface area contributed by atoms with Crippen molar-refractivity contribution < 1.29 is 5.11 Å². The van der Waals surface area contributed by atoms with Gasteiger partial charge in [-0.25, -0.2) is 4.98 Å². The van der Waals surface area contributed by atoms with Crippen LogP contribution in [0.25, 0.3) is 11.0 Å². The van der Waals surface area contributed by atoms with E-state index in [1.165, 1.54) is 0 Å². The fourth-order valence-corrected chi connectivity index (χ4v) is 2.28. The normalized spacial score (nSPS) is 11.1. The van der Waals surface area contributed by atoms with Gasteiger partial charge in [0, 0.05) is 6.54 Å². The van der Waals surface area contributed by atoms with Crippen LogP contribution in [0.3, 0.4) is 0 Å². The average Bonchev–Trinajstić information content (AvgIpc) is 2.85. The minimum atomic E-state index is 0.104. The van der Waals surface area contributed by atoms with E-state index in [9.17, 15) is 5.11 Å². The standard InChI is InChI=1S/C15H14ClN3O/c16-11-7-10(5-6-14(11)20)8-17-9-15-18-12-3-1-2-4-13(12)19-15/h1-7,17,20H,8-9H2,(H,18,19). The number of H-pyrrole nitrogens is 1. The molecule has 20 heavy (non-hydrogen) atoms. The molecule has 0 amide bonds. The van der Waals surface area contributed by atoms with Crippen molar-refractivity contribution in [2.75, 3.05) is 0 Å². The monoisotopic (exact) mass is 287 g/mol. The second-order valence-electron chi connectivity index (χ2n) is 4.59. The molecule has 0 bridgehead atoms. The molecule has 2 aromatic carbocycles. The Morgan fingerprint density at radius 1 is 1.15 bits per heavy atom. The number of hydrogen-bond donors (Lipinski definition) is 3. The summed E-state index contributed by atoms with van der Waals surface area (Å²) in [7, 11) is 0. The zero-order valence-corrected chi connectivity index (χ0v) is 11.5. The molecule has 0 aliphatic rings. The van der Waals surface area contributed by atoms with Crippen LogP contribution in [0.1, 0.15) is 11.4 Å². The van der Waals surface area contributed by atoms with Crippen molar-refractivity contribution in [2.24, 2.45) is 0 Å². The van der Waals surface area contributed by atoms with Crippen molar-refractivity contribution in [3.63, 3.8) is 0 Å². The number of hydrogen-bond acceptors (Lipinski definition) is 3. The maximum absolute atomic E-state index is 9.36. The van der Waals surface area contributed by atoms with Gasteiger partial charge in [0.25, 0.3) is 0 Å². The SMILES string of the molecule is Oc1ccc(CNCc2nc3ccccc3[nH]2)cc1Cl. The van der Waals surface area contributed by atoms with Crippen LogP contribution < -0.4 is 5.32 Å². The highest BCUT2D eigenvalue weighted by atomic mass is 35.5. The summed E-state index contributed by atoms with van der Waals surface area (Å²) in [4.78, 5) is 7.75. The average molecular weight is 288 g/mol. The lowest BCUT2D eigenvalue weighted by atomic mass is 10.2. The molecule has 0 unspecified atom stereocenters. The molecule has 4 nitrogen and oxygen atoms in total. The van der Waals surface area contributed by atoms with Gasteiger partial charge >= 0.3 is 0 Å². The third kappa shape index (κ3) is 2.76. The van der Waals surface area contributed by atoms with Crippen LogP contribution >= 0.6 is 11.6 Å². The molecule has 1 aromatic heterocycles. The Morgan fingerprint density at radius 3 is 2.80 bits per heavy atom. The maximum Gasteiger partial charge on any atom is 0.134 e. The van der Waals surface area contributed by atoms with Gasteiger partial charge in [-0.3, -0.25) is 0 Å². The molecule has 3 aromatic rings. The fraction of sp³-hybridized carbons (Fsp3) is 0.133. The van der Waals surface area contributed by atoms with Gasteiger partial charge in [-0.2, -0.15) is 0 Å². The predicted octanol–water partition coefficient (Wildman–Crippen LogP) is 3.21. The molecule has 1 heterocycles. The van der Waals surface area contributed by atoms with Crippen LogP contribution in [0.15, 0.2) is 42.5 Å². The number of nitrogens with zero attached hydrogens (tertiary/aromatic N) is 1. The largest absolute Gasteiger partial charge is 0.506 e. The molecule has 3 N–H and O–H groups in total. The summed E-state index contributed by atoms with van der Waals surface area (Å²) in [6.07, 6.45) is 0. The van der Waals surface area contributed by atoms with E-state index in [0.717, 1.165) is 22.4 Å². The van der Waals surface area contributed by atoms with Crippen LogP contribution in [0.5, 0.6) is 5.75 Å². The van der Waals surface area contributed by atoms with Gasteiger partial charge < -0.3 is 15.4 Å². The van der Waals surface area contributed by atoms with E-state index < -0.39 is 0 Å². The highest BCUT2D eigenvalue weighted by Crippen LogP contribution is 2.23. The van der Waals surface area contributed by atoms with Gasteiger partial charge in [0.05, 0.1) is 22.6 Å². The van der Waals surface area contributed by atoms with Gasteiger partial charge in [0.1, 0.15) is 11.6 Å². The smallest absolute Gasteiger partial charge is 0.134 e. The van der Waals surface area contributed by atoms with Gasteiger partial charge in [-0.05, 0) is 29.8 Å². The number of imidazole rings is 1. The molecular weight excluding hydrogens is 274 g/mol. The molecule has 3 rings (SSSR count). The molecule has 0 fully saturated rings. The molecule has 0 aliphatic carbocycles. The van der Waals surface area contributed by atoms with E-state index in [2.05, 4.69) is 15.3 Å². The number of halogens is 1. The first-order chi connectivity index (χ1) is 9.72. The van der Waals surface area contributed by atoms with Gasteiger partial charge in [-0.1, -0.05) is 29.8 Å². The van der Waals surface area contributed by atoms with Crippen molar-refractivity contribution in [1.29, 1.82) is 0 Å². The van der Waals surface area contributed by atoms with Crippen LogP contribution in [0.2, 0.25) is 5.02 Å². The van der Waals surface area contributed by atoms with Gasteiger partial charge in [0.2, 0.25) is 0 Å². The second-order valence-corrected chi connectivity index (χ2v) is 5.00. The van der Waals surface area contributed by atoms with Gasteiger partial charge in [-0.15, -0.1) is 0 Å². The molecule has 5 heteroatoms. The first kappa shape index (κ1) is 13.0. The third-order valence-electron chi connectivity index (χ3n) is 3.07. The number of para-hydroxylation sites is 2. The minimum Gasteiger partial charge on any atom is -0.506 e. The number of nitrogens with one attached hydrogen (secondary N) is 2. The zero-order chi connectivity index (χ0) is 13.9. The Balaban J connectivity index is 1.63. The molecule has 0 atom stereocenters. The van der Waals surface area contributed by atoms with Crippen molar-refractivity contribution >= 4 is 22.6 Å². The minimum absolute atomic E-state index is 0.104. The lowest BCUT2D eigenvalue weighted by Gasteiger charge is -2.04. The summed E-state index contributed by atoms with van der Waals surface area (Å²) in [6.45, 7) is 1.31. The van der Waals surface area contributed by atoms with E-state index in [1.54, 1.807) is 12.1 Å². The van der Waals surface area contributed by atoms with Crippen LogP contribution in [-0.2, 0) is 13.1 Å². The maximum atomic E-state index is 9.36. The number of aromatic amines is 1.